The summed E-state index contributed by atoms with van der Waals surface area (Å²) in [5, 5.41) is 5.48. The summed E-state index contributed by atoms with van der Waals surface area (Å²) in [6.07, 6.45) is 0. The first-order valence-corrected chi connectivity index (χ1v) is 6.66. The predicted molar refractivity (Wildman–Crippen MR) is 73.3 cm³/mol. The van der Waals surface area contributed by atoms with Crippen molar-refractivity contribution in [2.45, 2.75) is 5.75 Å². The van der Waals surface area contributed by atoms with Crippen molar-refractivity contribution in [3.05, 3.63) is 42.1 Å². The number of thioether (sulfide) groups is 1. The van der Waals surface area contributed by atoms with Crippen molar-refractivity contribution in [2.24, 2.45) is 4.99 Å². The molecule has 2 heterocycles. The number of nitrogens with one attached hydrogen (secondary N) is 1. The van der Waals surface area contributed by atoms with Crippen LogP contribution in [0, 0.1) is 0 Å². The second-order valence-corrected chi connectivity index (χ2v) is 4.86. The van der Waals surface area contributed by atoms with Crippen molar-refractivity contribution in [3.63, 3.8) is 0 Å². The summed E-state index contributed by atoms with van der Waals surface area (Å²) in [7, 11) is 0. The molecular weight excluding hydrogens is 230 g/mol. The number of benzene rings is 1. The lowest BCUT2D eigenvalue weighted by molar-refractivity contribution is 0.963. The minimum atomic E-state index is 0.872. The van der Waals surface area contributed by atoms with E-state index >= 15 is 0 Å². The van der Waals surface area contributed by atoms with Gasteiger partial charge in [-0.15, -0.1) is 0 Å². The first-order valence-electron chi connectivity index (χ1n) is 5.67. The fraction of sp³-hybridized carbons (Fsp3) is 0.231. The van der Waals surface area contributed by atoms with Gasteiger partial charge < -0.3 is 5.32 Å². The average Bonchev–Trinajstić information content (AvgIpc) is 2.89. The number of aliphatic imine (C=N–C) groups is 1. The highest BCUT2D eigenvalue weighted by Gasteiger charge is 2.06. The summed E-state index contributed by atoms with van der Waals surface area (Å²) in [5.41, 5.74) is 2.16. The molecule has 0 saturated carbocycles. The Morgan fingerprint density at radius 1 is 1.18 bits per heavy atom. The van der Waals surface area contributed by atoms with Crippen LogP contribution in [-0.4, -0.2) is 23.2 Å². The molecule has 4 heteroatoms. The Labute approximate surface area is 104 Å². The summed E-state index contributed by atoms with van der Waals surface area (Å²) in [6, 6.07) is 12.4. The van der Waals surface area contributed by atoms with E-state index < -0.39 is 0 Å². The van der Waals surface area contributed by atoms with E-state index in [1.54, 1.807) is 11.8 Å². The molecule has 1 aliphatic heterocycles. The smallest absolute Gasteiger partial charge is 0.157 e. The van der Waals surface area contributed by atoms with Gasteiger partial charge in [0.2, 0.25) is 0 Å². The molecule has 0 bridgehead atoms. The first kappa shape index (κ1) is 10.6. The molecule has 3 rings (SSSR count). The van der Waals surface area contributed by atoms with E-state index in [0.717, 1.165) is 35.2 Å². The molecule has 0 aliphatic carbocycles. The van der Waals surface area contributed by atoms with Crippen LogP contribution in [-0.2, 0) is 5.75 Å². The molecule has 1 aromatic heterocycles. The Hall–Kier alpha value is -1.55. The molecule has 86 valence electrons. The molecule has 1 N–H and O–H groups in total. The number of hydrogen-bond acceptors (Lipinski definition) is 4. The molecule has 0 saturated heterocycles. The molecule has 0 radical (unpaired) electrons. The lowest BCUT2D eigenvalue weighted by Gasteiger charge is -2.03. The lowest BCUT2D eigenvalue weighted by Crippen LogP contribution is -2.15. The molecule has 1 aliphatic rings. The van der Waals surface area contributed by atoms with Gasteiger partial charge in [-0.25, -0.2) is 0 Å². The van der Waals surface area contributed by atoms with Crippen LogP contribution >= 0.6 is 11.8 Å². The van der Waals surface area contributed by atoms with Crippen LogP contribution in [0.25, 0.3) is 10.9 Å². The van der Waals surface area contributed by atoms with Gasteiger partial charge in [-0.1, -0.05) is 36.0 Å². The number of para-hydroxylation sites is 1. The van der Waals surface area contributed by atoms with Crippen LogP contribution < -0.4 is 5.32 Å². The van der Waals surface area contributed by atoms with Gasteiger partial charge in [0.05, 0.1) is 17.8 Å². The third-order valence-corrected chi connectivity index (χ3v) is 3.64. The molecule has 0 spiro atoms. The molecule has 2 aromatic rings. The van der Waals surface area contributed by atoms with Gasteiger partial charge in [0, 0.05) is 17.7 Å². The standard InChI is InChI=1S/C13H13N3S/c1-2-4-12-10(3-1)5-6-11(16-12)9-17-13-14-7-8-15-13/h1-6H,7-9H2,(H,14,15). The maximum absolute atomic E-state index is 4.63. The Balaban J connectivity index is 1.76. The number of rotatable bonds is 2. The van der Waals surface area contributed by atoms with Crippen LogP contribution in [0.1, 0.15) is 5.69 Å². The fourth-order valence-corrected chi connectivity index (χ4v) is 2.64. The zero-order valence-corrected chi connectivity index (χ0v) is 10.2. The van der Waals surface area contributed by atoms with Crippen LogP contribution in [0.2, 0.25) is 0 Å². The van der Waals surface area contributed by atoms with Gasteiger partial charge in [-0.3, -0.25) is 9.98 Å². The number of amidine groups is 1. The molecule has 0 fully saturated rings. The first-order chi connectivity index (χ1) is 8.42. The number of pyridine rings is 1. The van der Waals surface area contributed by atoms with Crippen molar-refractivity contribution < 1.29 is 0 Å². The Kier molecular flexibility index (Phi) is 2.96. The zero-order valence-electron chi connectivity index (χ0n) is 9.39. The van der Waals surface area contributed by atoms with E-state index in [1.807, 2.05) is 12.1 Å². The highest BCUT2D eigenvalue weighted by atomic mass is 32.2. The van der Waals surface area contributed by atoms with Gasteiger partial charge in [0.15, 0.2) is 5.17 Å². The minimum Gasteiger partial charge on any atom is -0.363 e. The number of hydrogen-bond donors (Lipinski definition) is 1. The van der Waals surface area contributed by atoms with Crippen LogP contribution in [0.15, 0.2) is 41.4 Å². The van der Waals surface area contributed by atoms with E-state index in [0.29, 0.717) is 0 Å². The SMILES string of the molecule is c1ccc2nc(CSC3=NCCN3)ccc2c1. The van der Waals surface area contributed by atoms with E-state index in [-0.39, 0.29) is 0 Å². The monoisotopic (exact) mass is 243 g/mol. The van der Waals surface area contributed by atoms with Gasteiger partial charge in [-0.2, -0.15) is 0 Å². The van der Waals surface area contributed by atoms with Gasteiger partial charge in [-0.05, 0) is 12.1 Å². The summed E-state index contributed by atoms with van der Waals surface area (Å²) >= 11 is 1.72. The quantitative estimate of drug-likeness (QED) is 0.880. The van der Waals surface area contributed by atoms with Crippen LogP contribution in [0.5, 0.6) is 0 Å². The summed E-state index contributed by atoms with van der Waals surface area (Å²) in [4.78, 5) is 8.99. The molecule has 3 nitrogen and oxygen atoms in total. The second-order valence-electron chi connectivity index (χ2n) is 3.90. The van der Waals surface area contributed by atoms with Gasteiger partial charge in [0.1, 0.15) is 0 Å². The van der Waals surface area contributed by atoms with E-state index in [9.17, 15) is 0 Å². The highest BCUT2D eigenvalue weighted by molar-refractivity contribution is 8.13. The van der Waals surface area contributed by atoms with E-state index in [2.05, 4.69) is 39.6 Å². The lowest BCUT2D eigenvalue weighted by atomic mass is 10.2. The van der Waals surface area contributed by atoms with Gasteiger partial charge >= 0.3 is 0 Å². The Morgan fingerprint density at radius 2 is 2.12 bits per heavy atom. The Morgan fingerprint density at radius 3 is 3.00 bits per heavy atom. The maximum Gasteiger partial charge on any atom is 0.157 e. The van der Waals surface area contributed by atoms with Crippen molar-refractivity contribution >= 4 is 27.8 Å². The van der Waals surface area contributed by atoms with Crippen LogP contribution in [0.4, 0.5) is 0 Å². The zero-order chi connectivity index (χ0) is 11.5. The summed E-state index contributed by atoms with van der Waals surface area (Å²) in [6.45, 7) is 1.86. The van der Waals surface area contributed by atoms with E-state index in [1.165, 1.54) is 5.39 Å². The topological polar surface area (TPSA) is 37.3 Å². The average molecular weight is 243 g/mol. The number of nitrogens with zero attached hydrogens (tertiary/aromatic N) is 2. The molecular formula is C13H13N3S. The highest BCUT2D eigenvalue weighted by Crippen LogP contribution is 2.16. The molecule has 17 heavy (non-hydrogen) atoms. The normalized spacial score (nSPS) is 14.7. The van der Waals surface area contributed by atoms with Gasteiger partial charge in [0.25, 0.3) is 0 Å². The van der Waals surface area contributed by atoms with Crippen molar-refractivity contribution in [3.8, 4) is 0 Å². The Bertz CT molecular complexity index is 565. The largest absolute Gasteiger partial charge is 0.363 e. The molecule has 0 amide bonds. The minimum absolute atomic E-state index is 0.872. The van der Waals surface area contributed by atoms with Crippen molar-refractivity contribution in [2.75, 3.05) is 13.1 Å². The third kappa shape index (κ3) is 2.42. The van der Waals surface area contributed by atoms with E-state index in [4.69, 9.17) is 0 Å². The maximum atomic E-state index is 4.63. The molecule has 0 atom stereocenters. The van der Waals surface area contributed by atoms with Crippen LogP contribution in [0.3, 0.4) is 0 Å². The van der Waals surface area contributed by atoms with Crippen molar-refractivity contribution in [1.29, 1.82) is 0 Å². The number of fused-ring (bicyclic) bond motifs is 1. The second kappa shape index (κ2) is 4.75. The predicted octanol–water partition coefficient (Wildman–Crippen LogP) is 2.43. The molecule has 0 unspecified atom stereocenters. The summed E-state index contributed by atoms with van der Waals surface area (Å²) < 4.78 is 0. The summed E-state index contributed by atoms with van der Waals surface area (Å²) in [5.74, 6) is 0.872. The van der Waals surface area contributed by atoms with Crippen molar-refractivity contribution in [1.82, 2.24) is 10.3 Å². The fourth-order valence-electron chi connectivity index (χ4n) is 1.80. The third-order valence-electron chi connectivity index (χ3n) is 2.66. The molecule has 1 aromatic carbocycles. The number of aromatic nitrogens is 1.